The van der Waals surface area contributed by atoms with E-state index in [1.54, 1.807) is 6.08 Å². The van der Waals surface area contributed by atoms with Gasteiger partial charge in [-0.25, -0.2) is 0 Å². The summed E-state index contributed by atoms with van der Waals surface area (Å²) in [4.78, 5) is 12.5. The molecule has 0 spiro atoms. The summed E-state index contributed by atoms with van der Waals surface area (Å²) in [5.74, 6) is -0.0749. The minimum absolute atomic E-state index is 0.0749. The van der Waals surface area contributed by atoms with Crippen LogP contribution >= 0.6 is 0 Å². The molecule has 1 amide bonds. The average Bonchev–Trinajstić information content (AvgIpc) is 3.31. The third-order valence-electron chi connectivity index (χ3n) is 13.5. The molecule has 0 fully saturated rings. The number of rotatable bonds is 54. The van der Waals surface area contributed by atoms with Crippen LogP contribution in [0.5, 0.6) is 0 Å². The topological polar surface area (TPSA) is 69.6 Å². The molecule has 0 bridgehead atoms. The molecule has 0 aliphatic heterocycles. The first kappa shape index (κ1) is 63.4. The molecule has 4 heteroatoms. The number of aliphatic hydroxyl groups excluding tert-OH is 2. The van der Waals surface area contributed by atoms with Gasteiger partial charge < -0.3 is 15.5 Å². The predicted molar refractivity (Wildman–Crippen MR) is 290 cm³/mol. The zero-order chi connectivity index (χ0) is 47.0. The molecule has 65 heavy (non-hydrogen) atoms. The number of nitrogens with one attached hydrogen (secondary N) is 1. The van der Waals surface area contributed by atoms with Gasteiger partial charge in [0, 0.05) is 6.42 Å². The van der Waals surface area contributed by atoms with E-state index in [0.717, 1.165) is 38.5 Å². The molecular formula is C61H115NO3. The van der Waals surface area contributed by atoms with Crippen molar-refractivity contribution in [2.75, 3.05) is 6.61 Å². The zero-order valence-corrected chi connectivity index (χ0v) is 44.0. The summed E-state index contributed by atoms with van der Waals surface area (Å²) >= 11 is 0. The lowest BCUT2D eigenvalue weighted by atomic mass is 10.0. The molecule has 2 atom stereocenters. The Morgan fingerprint density at radius 1 is 0.354 bits per heavy atom. The van der Waals surface area contributed by atoms with Gasteiger partial charge in [-0.05, 0) is 70.6 Å². The van der Waals surface area contributed by atoms with Crippen molar-refractivity contribution >= 4 is 5.91 Å². The van der Waals surface area contributed by atoms with Crippen molar-refractivity contribution < 1.29 is 15.0 Å². The van der Waals surface area contributed by atoms with Crippen LogP contribution in [0.1, 0.15) is 316 Å². The Balaban J connectivity index is 3.53. The molecule has 0 aliphatic carbocycles. The molecule has 0 heterocycles. The number of hydrogen-bond acceptors (Lipinski definition) is 3. The normalized spacial score (nSPS) is 13.1. The first-order chi connectivity index (χ1) is 32.2. The van der Waals surface area contributed by atoms with Crippen molar-refractivity contribution in [3.63, 3.8) is 0 Å². The molecule has 2 unspecified atom stereocenters. The summed E-state index contributed by atoms with van der Waals surface area (Å²) in [5, 5.41) is 23.2. The van der Waals surface area contributed by atoms with Gasteiger partial charge in [0.05, 0.1) is 18.8 Å². The van der Waals surface area contributed by atoms with Crippen LogP contribution in [0.25, 0.3) is 0 Å². The summed E-state index contributed by atoms with van der Waals surface area (Å²) in [6.45, 7) is 4.33. The Hall–Kier alpha value is -1.65. The van der Waals surface area contributed by atoms with E-state index in [2.05, 4.69) is 55.6 Å². The van der Waals surface area contributed by atoms with E-state index < -0.39 is 12.1 Å². The Kier molecular flexibility index (Phi) is 55.2. The van der Waals surface area contributed by atoms with E-state index >= 15 is 0 Å². The summed E-state index contributed by atoms with van der Waals surface area (Å²) < 4.78 is 0. The fraction of sp³-hybridized carbons (Fsp3) is 0.852. The Bertz CT molecular complexity index is 1030. The second kappa shape index (κ2) is 56.7. The average molecular weight is 911 g/mol. The van der Waals surface area contributed by atoms with Crippen LogP contribution in [0.15, 0.2) is 48.6 Å². The monoisotopic (exact) mass is 910 g/mol. The fourth-order valence-electron chi connectivity index (χ4n) is 9.03. The van der Waals surface area contributed by atoms with E-state index in [-0.39, 0.29) is 12.5 Å². The minimum atomic E-state index is -0.872. The number of carbonyl (C=O) groups is 1. The SMILES string of the molecule is CCCCCCCCCCCCCC/C=C\CCCCCCCCCCCCCCC(=O)NC(CO)C(O)/C=C/CC/C=C/CC/C=C/CCCCCCCCCCCCCCCCC. The summed E-state index contributed by atoms with van der Waals surface area (Å²) in [5.41, 5.74) is 0. The highest BCUT2D eigenvalue weighted by Crippen LogP contribution is 2.17. The van der Waals surface area contributed by atoms with Crippen LogP contribution in [-0.2, 0) is 4.79 Å². The molecule has 0 aromatic carbocycles. The summed E-state index contributed by atoms with van der Waals surface area (Å²) in [6.07, 6.45) is 78.6. The quantitative estimate of drug-likeness (QED) is 0.0421. The highest BCUT2D eigenvalue weighted by Gasteiger charge is 2.18. The number of hydrogen-bond donors (Lipinski definition) is 3. The molecule has 0 rings (SSSR count). The number of aliphatic hydroxyl groups is 2. The van der Waals surface area contributed by atoms with Crippen LogP contribution in [0, 0.1) is 0 Å². The smallest absolute Gasteiger partial charge is 0.220 e. The maximum Gasteiger partial charge on any atom is 0.220 e. The van der Waals surface area contributed by atoms with Crippen LogP contribution in [0.4, 0.5) is 0 Å². The van der Waals surface area contributed by atoms with Gasteiger partial charge in [0.15, 0.2) is 0 Å². The third kappa shape index (κ3) is 53.2. The minimum Gasteiger partial charge on any atom is -0.394 e. The van der Waals surface area contributed by atoms with E-state index in [1.807, 2.05) is 6.08 Å². The summed E-state index contributed by atoms with van der Waals surface area (Å²) in [7, 11) is 0. The number of allylic oxidation sites excluding steroid dienone is 7. The lowest BCUT2D eigenvalue weighted by molar-refractivity contribution is -0.123. The Morgan fingerprint density at radius 2 is 0.600 bits per heavy atom. The molecule has 0 saturated heterocycles. The maximum atomic E-state index is 12.5. The van der Waals surface area contributed by atoms with Crippen molar-refractivity contribution in [2.45, 2.75) is 328 Å². The third-order valence-corrected chi connectivity index (χ3v) is 13.5. The first-order valence-corrected chi connectivity index (χ1v) is 29.4. The maximum absolute atomic E-state index is 12.5. The molecule has 0 aromatic rings. The van der Waals surface area contributed by atoms with Crippen molar-refractivity contribution in [1.29, 1.82) is 0 Å². The number of amides is 1. The van der Waals surface area contributed by atoms with Gasteiger partial charge in [-0.3, -0.25) is 4.79 Å². The van der Waals surface area contributed by atoms with E-state index in [1.165, 1.54) is 257 Å². The van der Waals surface area contributed by atoms with Crippen LogP contribution in [0.2, 0.25) is 0 Å². The van der Waals surface area contributed by atoms with Gasteiger partial charge >= 0.3 is 0 Å². The summed E-state index contributed by atoms with van der Waals surface area (Å²) in [6, 6.07) is -0.647. The first-order valence-electron chi connectivity index (χ1n) is 29.4. The number of unbranched alkanes of at least 4 members (excludes halogenated alkanes) is 41. The molecular weight excluding hydrogens is 795 g/mol. The van der Waals surface area contributed by atoms with Gasteiger partial charge in [0.2, 0.25) is 5.91 Å². The Labute approximate surface area is 407 Å². The zero-order valence-electron chi connectivity index (χ0n) is 44.0. The van der Waals surface area contributed by atoms with E-state index in [9.17, 15) is 15.0 Å². The highest BCUT2D eigenvalue weighted by atomic mass is 16.3. The van der Waals surface area contributed by atoms with Crippen LogP contribution < -0.4 is 5.32 Å². The second-order valence-electron chi connectivity index (χ2n) is 20.0. The van der Waals surface area contributed by atoms with Gasteiger partial charge in [0.1, 0.15) is 0 Å². The van der Waals surface area contributed by atoms with E-state index in [4.69, 9.17) is 0 Å². The van der Waals surface area contributed by atoms with Gasteiger partial charge in [0.25, 0.3) is 0 Å². The Morgan fingerprint density at radius 3 is 0.892 bits per heavy atom. The molecule has 3 N–H and O–H groups in total. The van der Waals surface area contributed by atoms with Gasteiger partial charge in [-0.1, -0.05) is 287 Å². The van der Waals surface area contributed by atoms with E-state index in [0.29, 0.717) is 6.42 Å². The number of carbonyl (C=O) groups excluding carboxylic acids is 1. The molecule has 4 nitrogen and oxygen atoms in total. The van der Waals surface area contributed by atoms with Crippen molar-refractivity contribution in [3.8, 4) is 0 Å². The predicted octanol–water partition coefficient (Wildman–Crippen LogP) is 19.4. The van der Waals surface area contributed by atoms with Crippen molar-refractivity contribution in [2.24, 2.45) is 0 Å². The van der Waals surface area contributed by atoms with Gasteiger partial charge in [-0.2, -0.15) is 0 Å². The van der Waals surface area contributed by atoms with Gasteiger partial charge in [-0.15, -0.1) is 0 Å². The molecule has 382 valence electrons. The fourth-order valence-corrected chi connectivity index (χ4v) is 9.03. The highest BCUT2D eigenvalue weighted by molar-refractivity contribution is 5.76. The van der Waals surface area contributed by atoms with Crippen LogP contribution in [0.3, 0.4) is 0 Å². The van der Waals surface area contributed by atoms with Crippen molar-refractivity contribution in [3.05, 3.63) is 48.6 Å². The molecule has 0 radical (unpaired) electrons. The van der Waals surface area contributed by atoms with Crippen LogP contribution in [-0.4, -0.2) is 34.9 Å². The molecule has 0 aliphatic rings. The largest absolute Gasteiger partial charge is 0.394 e. The lowest BCUT2D eigenvalue weighted by Crippen LogP contribution is -2.45. The van der Waals surface area contributed by atoms with Crippen molar-refractivity contribution in [1.82, 2.24) is 5.32 Å². The lowest BCUT2D eigenvalue weighted by Gasteiger charge is -2.19. The second-order valence-corrected chi connectivity index (χ2v) is 20.0. The molecule has 0 aromatic heterocycles. The standard InChI is InChI=1S/C61H115NO3/c1-3-5-7-9-11-13-15-17-19-21-23-25-27-29-30-31-33-35-37-39-41-43-45-47-49-51-53-55-57-61(65)62-59(58-63)60(64)56-54-52-50-48-46-44-42-40-38-36-34-32-28-26-24-22-20-18-16-14-12-10-8-6-4-2/h29-30,38,40,46,48,54,56,59-60,63-64H,3-28,31-37,39,41-45,47,49-53,55,57-58H2,1-2H3,(H,62,65)/b30-29-,40-38+,48-46+,56-54+. The molecule has 0 saturated carbocycles.